The Hall–Kier alpha value is -1.92. The van der Waals surface area contributed by atoms with Crippen molar-refractivity contribution in [2.24, 2.45) is 0 Å². The summed E-state index contributed by atoms with van der Waals surface area (Å²) < 4.78 is 52.7. The number of rotatable bonds is 5. The van der Waals surface area contributed by atoms with Gasteiger partial charge in [0, 0.05) is 11.1 Å². The van der Waals surface area contributed by atoms with E-state index < -0.39 is 35.5 Å². The summed E-state index contributed by atoms with van der Waals surface area (Å²) >= 11 is 0. The predicted molar refractivity (Wildman–Crippen MR) is 48.8 cm³/mol. The first-order chi connectivity index (χ1) is 7.99. The van der Waals surface area contributed by atoms with Gasteiger partial charge in [-0.05, 0) is 12.1 Å². The van der Waals surface area contributed by atoms with Gasteiger partial charge in [0.25, 0.3) is 6.43 Å². The number of ether oxygens (including phenoxy) is 1. The average Bonchev–Trinajstić information content (AvgIpc) is 2.26. The molecule has 0 amide bonds. The second kappa shape index (κ2) is 5.42. The van der Waals surface area contributed by atoms with E-state index in [2.05, 4.69) is 4.74 Å². The minimum Gasteiger partial charge on any atom is -0.434 e. The molecule has 1 rings (SSSR count). The fourth-order valence-electron chi connectivity index (χ4n) is 1.21. The summed E-state index contributed by atoms with van der Waals surface area (Å²) in [5, 5.41) is 0. The zero-order valence-electron chi connectivity index (χ0n) is 8.20. The van der Waals surface area contributed by atoms with Gasteiger partial charge in [-0.2, -0.15) is 8.78 Å². The average molecular weight is 250 g/mol. The molecule has 0 N–H and O–H groups in total. The fraction of sp³-hybridized carbons (Fsp3) is 0.200. The van der Waals surface area contributed by atoms with Crippen molar-refractivity contribution in [3.8, 4) is 5.75 Å². The minimum absolute atomic E-state index is 0.0939. The molecule has 0 fully saturated rings. The lowest BCUT2D eigenvalue weighted by Gasteiger charge is -2.11. The van der Waals surface area contributed by atoms with E-state index in [0.717, 1.165) is 6.07 Å². The van der Waals surface area contributed by atoms with Crippen LogP contribution in [0.4, 0.5) is 17.6 Å². The molecule has 0 aliphatic heterocycles. The number of hydrogen-bond donors (Lipinski definition) is 0. The van der Waals surface area contributed by atoms with Crippen LogP contribution in [-0.4, -0.2) is 19.2 Å². The van der Waals surface area contributed by atoms with Crippen molar-refractivity contribution in [1.29, 1.82) is 0 Å². The molecule has 17 heavy (non-hydrogen) atoms. The van der Waals surface area contributed by atoms with Crippen molar-refractivity contribution < 1.29 is 31.9 Å². The molecular formula is C10H6F4O3. The smallest absolute Gasteiger partial charge is 0.387 e. The molecule has 0 bridgehead atoms. The first-order valence-electron chi connectivity index (χ1n) is 4.30. The van der Waals surface area contributed by atoms with Crippen molar-refractivity contribution in [3.05, 3.63) is 28.8 Å². The quantitative estimate of drug-likeness (QED) is 0.596. The van der Waals surface area contributed by atoms with Crippen LogP contribution in [0.1, 0.15) is 32.7 Å². The summed E-state index contributed by atoms with van der Waals surface area (Å²) in [6, 6.07) is 1.35. The van der Waals surface area contributed by atoms with E-state index in [0.29, 0.717) is 6.07 Å². The van der Waals surface area contributed by atoms with E-state index in [4.69, 9.17) is 0 Å². The Balaban J connectivity index is 3.36. The van der Waals surface area contributed by atoms with Crippen molar-refractivity contribution in [1.82, 2.24) is 0 Å². The maximum Gasteiger partial charge on any atom is 0.387 e. The van der Waals surface area contributed by atoms with Crippen molar-refractivity contribution in [2.75, 3.05) is 0 Å². The van der Waals surface area contributed by atoms with Crippen LogP contribution in [0.25, 0.3) is 0 Å². The summed E-state index contributed by atoms with van der Waals surface area (Å²) in [7, 11) is 0. The Labute approximate surface area is 93.0 Å². The van der Waals surface area contributed by atoms with Gasteiger partial charge in [0.15, 0.2) is 12.6 Å². The number of carbonyl (C=O) groups is 2. The largest absolute Gasteiger partial charge is 0.434 e. The van der Waals surface area contributed by atoms with Gasteiger partial charge in [-0.3, -0.25) is 9.59 Å². The third-order valence-electron chi connectivity index (χ3n) is 1.91. The minimum atomic E-state index is -3.28. The number of benzene rings is 1. The topological polar surface area (TPSA) is 43.4 Å². The number of carbonyl (C=O) groups excluding carboxylic acids is 2. The molecule has 0 saturated heterocycles. The second-order valence-corrected chi connectivity index (χ2v) is 2.94. The highest BCUT2D eigenvalue weighted by Crippen LogP contribution is 2.29. The highest BCUT2D eigenvalue weighted by atomic mass is 19.3. The van der Waals surface area contributed by atoms with Crippen LogP contribution in [0.15, 0.2) is 12.1 Å². The SMILES string of the molecule is O=Cc1cc(C(F)F)cc(OC(F)F)c1C=O. The Morgan fingerprint density at radius 3 is 2.12 bits per heavy atom. The highest BCUT2D eigenvalue weighted by molar-refractivity contribution is 5.93. The third-order valence-corrected chi connectivity index (χ3v) is 1.91. The molecule has 0 heterocycles. The molecule has 0 radical (unpaired) electrons. The van der Waals surface area contributed by atoms with E-state index in [1.54, 1.807) is 0 Å². The number of aldehydes is 2. The van der Waals surface area contributed by atoms with E-state index in [9.17, 15) is 27.2 Å². The first-order valence-corrected chi connectivity index (χ1v) is 4.30. The van der Waals surface area contributed by atoms with Crippen LogP contribution in [0.5, 0.6) is 5.75 Å². The molecule has 7 heteroatoms. The molecule has 0 atom stereocenters. The molecular weight excluding hydrogens is 244 g/mol. The summed E-state index contributed by atoms with van der Waals surface area (Å²) in [4.78, 5) is 21.2. The standard InChI is InChI=1S/C10H6F4O3/c11-9(12)5-1-6(3-15)7(4-16)8(2-5)17-10(13)14/h1-4,9-10H. The van der Waals surface area contributed by atoms with Crippen LogP contribution in [-0.2, 0) is 0 Å². The molecule has 0 aliphatic rings. The molecule has 0 spiro atoms. The fourth-order valence-corrected chi connectivity index (χ4v) is 1.21. The summed E-state index contributed by atoms with van der Waals surface area (Å²) in [5.74, 6) is -0.741. The first kappa shape index (κ1) is 13.1. The highest BCUT2D eigenvalue weighted by Gasteiger charge is 2.18. The molecule has 1 aromatic carbocycles. The molecule has 0 aromatic heterocycles. The zero-order chi connectivity index (χ0) is 13.0. The van der Waals surface area contributed by atoms with Crippen molar-refractivity contribution in [3.63, 3.8) is 0 Å². The molecule has 0 aliphatic carbocycles. The van der Waals surface area contributed by atoms with Gasteiger partial charge in [0.05, 0.1) is 5.56 Å². The van der Waals surface area contributed by atoms with Gasteiger partial charge in [0.2, 0.25) is 0 Å². The van der Waals surface area contributed by atoms with Gasteiger partial charge in [-0.15, -0.1) is 0 Å². The van der Waals surface area contributed by atoms with Crippen molar-refractivity contribution in [2.45, 2.75) is 13.0 Å². The lowest BCUT2D eigenvalue weighted by Crippen LogP contribution is -2.07. The molecule has 1 aromatic rings. The zero-order valence-corrected chi connectivity index (χ0v) is 8.20. The van der Waals surface area contributed by atoms with Crippen LogP contribution < -0.4 is 4.74 Å². The molecule has 0 saturated carbocycles. The van der Waals surface area contributed by atoms with E-state index >= 15 is 0 Å². The van der Waals surface area contributed by atoms with Gasteiger partial charge < -0.3 is 4.74 Å². The van der Waals surface area contributed by atoms with E-state index in [1.165, 1.54) is 0 Å². The summed E-state index contributed by atoms with van der Waals surface area (Å²) in [5.41, 5.74) is -1.58. The molecule has 92 valence electrons. The maximum atomic E-state index is 12.4. The summed E-state index contributed by atoms with van der Waals surface area (Å²) in [6.07, 6.45) is -2.75. The van der Waals surface area contributed by atoms with Gasteiger partial charge in [-0.25, -0.2) is 8.78 Å². The van der Waals surface area contributed by atoms with E-state index in [1.807, 2.05) is 0 Å². The molecule has 3 nitrogen and oxygen atoms in total. The second-order valence-electron chi connectivity index (χ2n) is 2.94. The molecule has 0 unspecified atom stereocenters. The third kappa shape index (κ3) is 3.02. The van der Waals surface area contributed by atoms with Crippen LogP contribution in [0.3, 0.4) is 0 Å². The predicted octanol–water partition coefficient (Wildman–Crippen LogP) is 2.85. The van der Waals surface area contributed by atoms with Gasteiger partial charge >= 0.3 is 6.61 Å². The Bertz CT molecular complexity index is 432. The maximum absolute atomic E-state index is 12.4. The Kier molecular flexibility index (Phi) is 4.19. The van der Waals surface area contributed by atoms with Gasteiger partial charge in [0.1, 0.15) is 5.75 Å². The van der Waals surface area contributed by atoms with Gasteiger partial charge in [-0.1, -0.05) is 0 Å². The van der Waals surface area contributed by atoms with E-state index in [-0.39, 0.29) is 12.6 Å². The Morgan fingerprint density at radius 1 is 1.06 bits per heavy atom. The Morgan fingerprint density at radius 2 is 1.71 bits per heavy atom. The number of alkyl halides is 4. The van der Waals surface area contributed by atoms with Crippen LogP contribution >= 0.6 is 0 Å². The number of hydrogen-bond acceptors (Lipinski definition) is 3. The van der Waals surface area contributed by atoms with Crippen molar-refractivity contribution >= 4 is 12.6 Å². The van der Waals surface area contributed by atoms with Crippen LogP contribution in [0.2, 0.25) is 0 Å². The monoisotopic (exact) mass is 250 g/mol. The lowest BCUT2D eigenvalue weighted by atomic mass is 10.0. The number of halogens is 4. The van der Waals surface area contributed by atoms with Crippen LogP contribution in [0, 0.1) is 0 Å². The normalized spacial score (nSPS) is 10.7. The lowest BCUT2D eigenvalue weighted by molar-refractivity contribution is -0.0502. The summed E-state index contributed by atoms with van der Waals surface area (Å²) in [6.45, 7) is -3.28.